The van der Waals surface area contributed by atoms with Gasteiger partial charge in [0.05, 0.1) is 21.9 Å². The van der Waals surface area contributed by atoms with Gasteiger partial charge < -0.3 is 5.11 Å². The third-order valence-corrected chi connectivity index (χ3v) is 7.19. The molecule has 0 amide bonds. The Balaban J connectivity index is 1.72. The second-order valence-electron chi connectivity index (χ2n) is 7.80. The van der Waals surface area contributed by atoms with Crippen molar-refractivity contribution in [1.29, 1.82) is 0 Å². The number of Topliss-reactive ketones (excluding diaryl/α,β-unsaturated/α-hetero) is 1. The Morgan fingerprint density at radius 1 is 1.19 bits per heavy atom. The van der Waals surface area contributed by atoms with Crippen LogP contribution in [0.3, 0.4) is 0 Å². The van der Waals surface area contributed by atoms with Gasteiger partial charge in [-0.3, -0.25) is 9.00 Å². The largest absolute Gasteiger partial charge is 0.512 e. The molecule has 3 atom stereocenters. The Hall–Kier alpha value is -2.48. The number of aromatic nitrogens is 1. The molecule has 4 nitrogen and oxygen atoms in total. The minimum absolute atomic E-state index is 0.0347. The number of hydrogen-bond donors (Lipinski definition) is 1. The standard InChI is InChI=1S/C23H24F3NO3S/c1-3-15-6-4-5-7-18(15)22-19(28)10-16(11-20(22)29)14(2)13-31(30)21-9-8-17(12-27-21)23(24,25)26/h4-9,12,14,16,28H,3,10-11,13H2,1-2H3. The number of nitrogens with zero attached hydrogens (tertiary/aromatic N) is 1. The number of carbonyl (C=O) groups excluding carboxylic acids is 1. The number of carbonyl (C=O) groups is 1. The van der Waals surface area contributed by atoms with Crippen molar-refractivity contribution in [3.63, 3.8) is 0 Å². The van der Waals surface area contributed by atoms with Gasteiger partial charge >= 0.3 is 6.18 Å². The van der Waals surface area contributed by atoms with Crippen LogP contribution in [0.4, 0.5) is 13.2 Å². The Morgan fingerprint density at radius 2 is 1.90 bits per heavy atom. The SMILES string of the molecule is CCc1ccccc1C1=C(O)CC(C(C)CS(=O)c2ccc(C(F)(F)F)cn2)CC1=O. The number of hydrogen-bond acceptors (Lipinski definition) is 4. The summed E-state index contributed by atoms with van der Waals surface area (Å²) in [4.78, 5) is 16.6. The van der Waals surface area contributed by atoms with Gasteiger partial charge in [-0.1, -0.05) is 38.1 Å². The molecular formula is C23H24F3NO3S. The van der Waals surface area contributed by atoms with Crippen LogP contribution in [-0.4, -0.2) is 25.8 Å². The lowest BCUT2D eigenvalue weighted by atomic mass is 9.78. The Bertz CT molecular complexity index is 1020. The fourth-order valence-corrected chi connectivity index (χ4v) is 5.16. The fourth-order valence-electron chi connectivity index (χ4n) is 3.85. The van der Waals surface area contributed by atoms with Crippen LogP contribution in [-0.2, 0) is 28.2 Å². The van der Waals surface area contributed by atoms with Gasteiger partial charge in [0.15, 0.2) is 5.78 Å². The molecule has 0 spiro atoms. The van der Waals surface area contributed by atoms with Crippen molar-refractivity contribution < 1.29 is 27.3 Å². The molecule has 31 heavy (non-hydrogen) atoms. The maximum Gasteiger partial charge on any atom is 0.417 e. The van der Waals surface area contributed by atoms with Gasteiger partial charge in [0, 0.05) is 24.8 Å². The fraction of sp³-hybridized carbons (Fsp3) is 0.391. The molecule has 2 aromatic rings. The first-order valence-electron chi connectivity index (χ1n) is 10.1. The number of aliphatic hydroxyl groups is 1. The van der Waals surface area contributed by atoms with E-state index in [1.165, 1.54) is 0 Å². The van der Waals surface area contributed by atoms with Crippen LogP contribution in [0.2, 0.25) is 0 Å². The lowest BCUT2D eigenvalue weighted by Crippen LogP contribution is -2.27. The summed E-state index contributed by atoms with van der Waals surface area (Å²) in [5.74, 6) is -0.375. The molecule has 0 saturated heterocycles. The zero-order valence-electron chi connectivity index (χ0n) is 17.3. The molecular weight excluding hydrogens is 427 g/mol. The number of aryl methyl sites for hydroxylation is 1. The van der Waals surface area contributed by atoms with Gasteiger partial charge in [0.1, 0.15) is 10.8 Å². The third kappa shape index (κ3) is 5.23. The van der Waals surface area contributed by atoms with Crippen molar-refractivity contribution >= 4 is 22.2 Å². The number of halogens is 3. The number of benzene rings is 1. The molecule has 3 unspecified atom stereocenters. The highest BCUT2D eigenvalue weighted by atomic mass is 32.2. The molecule has 8 heteroatoms. The molecule has 0 fully saturated rings. The van der Waals surface area contributed by atoms with E-state index in [9.17, 15) is 27.3 Å². The topological polar surface area (TPSA) is 67.3 Å². The first kappa shape index (κ1) is 23.2. The van der Waals surface area contributed by atoms with Crippen LogP contribution in [0.1, 0.15) is 43.4 Å². The summed E-state index contributed by atoms with van der Waals surface area (Å²) in [6.07, 6.45) is -2.58. The number of aliphatic hydroxyl groups excluding tert-OH is 1. The molecule has 0 radical (unpaired) electrons. The average molecular weight is 452 g/mol. The quantitative estimate of drug-likeness (QED) is 0.643. The first-order chi connectivity index (χ1) is 14.6. The summed E-state index contributed by atoms with van der Waals surface area (Å²) >= 11 is 0. The molecule has 1 aromatic carbocycles. The molecule has 1 aliphatic carbocycles. The Labute approximate surface area is 181 Å². The van der Waals surface area contributed by atoms with Crippen molar-refractivity contribution in [2.75, 3.05) is 5.75 Å². The summed E-state index contributed by atoms with van der Waals surface area (Å²) in [7, 11) is -1.61. The monoisotopic (exact) mass is 451 g/mol. The van der Waals surface area contributed by atoms with Gasteiger partial charge in [0.25, 0.3) is 0 Å². The number of rotatable bonds is 6. The average Bonchev–Trinajstić information content (AvgIpc) is 2.73. The molecule has 1 heterocycles. The maximum absolute atomic E-state index is 12.9. The summed E-state index contributed by atoms with van der Waals surface area (Å²) in [5.41, 5.74) is 1.19. The lowest BCUT2D eigenvalue weighted by Gasteiger charge is -2.28. The predicted molar refractivity (Wildman–Crippen MR) is 113 cm³/mol. The van der Waals surface area contributed by atoms with E-state index >= 15 is 0 Å². The van der Waals surface area contributed by atoms with Crippen LogP contribution in [0, 0.1) is 11.8 Å². The summed E-state index contributed by atoms with van der Waals surface area (Å²) in [5, 5.41) is 10.7. The van der Waals surface area contributed by atoms with Gasteiger partial charge in [-0.2, -0.15) is 13.2 Å². The van der Waals surface area contributed by atoms with Crippen molar-refractivity contribution in [2.24, 2.45) is 11.8 Å². The van der Waals surface area contributed by atoms with E-state index in [0.717, 1.165) is 29.7 Å². The van der Waals surface area contributed by atoms with Gasteiger partial charge in [-0.25, -0.2) is 4.98 Å². The molecule has 0 bridgehead atoms. The first-order valence-corrected chi connectivity index (χ1v) is 11.4. The highest BCUT2D eigenvalue weighted by Crippen LogP contribution is 2.37. The van der Waals surface area contributed by atoms with E-state index in [0.29, 0.717) is 11.8 Å². The zero-order valence-corrected chi connectivity index (χ0v) is 18.1. The molecule has 166 valence electrons. The summed E-state index contributed by atoms with van der Waals surface area (Å²) in [6.45, 7) is 3.82. The van der Waals surface area contributed by atoms with Crippen LogP contribution in [0.25, 0.3) is 5.57 Å². The Kier molecular flexibility index (Phi) is 6.99. The zero-order chi connectivity index (χ0) is 22.8. The molecule has 0 saturated carbocycles. The van der Waals surface area contributed by atoms with Crippen molar-refractivity contribution in [3.05, 3.63) is 65.0 Å². The number of allylic oxidation sites excluding steroid dienone is 2. The minimum atomic E-state index is -4.50. The van der Waals surface area contributed by atoms with E-state index in [4.69, 9.17) is 0 Å². The minimum Gasteiger partial charge on any atom is -0.512 e. The van der Waals surface area contributed by atoms with Gasteiger partial charge in [0.2, 0.25) is 0 Å². The second-order valence-corrected chi connectivity index (χ2v) is 9.24. The normalized spacial score (nSPS) is 19.4. The van der Waals surface area contributed by atoms with E-state index < -0.39 is 22.5 Å². The van der Waals surface area contributed by atoms with Crippen LogP contribution in [0.5, 0.6) is 0 Å². The van der Waals surface area contributed by atoms with Gasteiger partial charge in [-0.15, -0.1) is 0 Å². The molecule has 1 aromatic heterocycles. The molecule has 1 N–H and O–H groups in total. The van der Waals surface area contributed by atoms with E-state index in [1.54, 1.807) is 0 Å². The maximum atomic E-state index is 12.9. The smallest absolute Gasteiger partial charge is 0.417 e. The van der Waals surface area contributed by atoms with E-state index in [-0.39, 0.29) is 47.0 Å². The number of pyridine rings is 1. The number of alkyl halides is 3. The summed E-state index contributed by atoms with van der Waals surface area (Å²) in [6, 6.07) is 9.46. The van der Waals surface area contributed by atoms with E-state index in [1.807, 2.05) is 38.1 Å². The van der Waals surface area contributed by atoms with Gasteiger partial charge in [-0.05, 0) is 41.5 Å². The van der Waals surface area contributed by atoms with Crippen LogP contribution in [0.15, 0.2) is 53.4 Å². The third-order valence-electron chi connectivity index (χ3n) is 5.65. The van der Waals surface area contributed by atoms with Crippen molar-refractivity contribution in [2.45, 2.75) is 44.3 Å². The van der Waals surface area contributed by atoms with Crippen molar-refractivity contribution in [1.82, 2.24) is 4.98 Å². The predicted octanol–water partition coefficient (Wildman–Crippen LogP) is 5.35. The highest BCUT2D eigenvalue weighted by molar-refractivity contribution is 7.84. The van der Waals surface area contributed by atoms with Crippen molar-refractivity contribution in [3.8, 4) is 0 Å². The molecule has 0 aliphatic heterocycles. The second kappa shape index (κ2) is 9.34. The van der Waals surface area contributed by atoms with E-state index in [2.05, 4.69) is 4.98 Å². The highest BCUT2D eigenvalue weighted by Gasteiger charge is 2.34. The molecule has 3 rings (SSSR count). The Morgan fingerprint density at radius 3 is 2.48 bits per heavy atom. The van der Waals surface area contributed by atoms with Crippen LogP contribution < -0.4 is 0 Å². The van der Waals surface area contributed by atoms with Crippen LogP contribution >= 0.6 is 0 Å². The summed E-state index contributed by atoms with van der Waals surface area (Å²) < 4.78 is 50.6. The molecule has 1 aliphatic rings. The lowest BCUT2D eigenvalue weighted by molar-refractivity contribution is -0.137. The number of ketones is 1.